The van der Waals surface area contributed by atoms with Crippen molar-refractivity contribution in [3.05, 3.63) is 48.0 Å². The molecule has 0 bridgehead atoms. The van der Waals surface area contributed by atoms with Crippen LogP contribution >= 0.6 is 0 Å². The fourth-order valence-electron chi connectivity index (χ4n) is 2.63. The molecule has 2 aromatic rings. The summed E-state index contributed by atoms with van der Waals surface area (Å²) < 4.78 is 10.9. The first-order valence-electron chi connectivity index (χ1n) is 8.95. The highest BCUT2D eigenvalue weighted by Gasteiger charge is 2.17. The molecule has 1 N–H and O–H groups in total. The van der Waals surface area contributed by atoms with Crippen molar-refractivity contribution in [3.8, 4) is 11.5 Å². The van der Waals surface area contributed by atoms with Crippen LogP contribution in [0, 0.1) is 0 Å². The van der Waals surface area contributed by atoms with E-state index in [2.05, 4.69) is 23.7 Å². The van der Waals surface area contributed by atoms with E-state index in [-0.39, 0.29) is 0 Å². The fourth-order valence-corrected chi connectivity index (χ4v) is 2.63. The molecule has 0 radical (unpaired) electrons. The number of hydrogen-bond donors (Lipinski definition) is 1. The van der Waals surface area contributed by atoms with E-state index < -0.39 is 12.1 Å². The maximum Gasteiger partial charge on any atom is 0.344 e. The van der Waals surface area contributed by atoms with E-state index in [1.54, 1.807) is 18.3 Å². The zero-order valence-corrected chi connectivity index (χ0v) is 16.2. The van der Waals surface area contributed by atoms with Crippen molar-refractivity contribution in [2.75, 3.05) is 25.1 Å². The summed E-state index contributed by atoms with van der Waals surface area (Å²) >= 11 is 0. The van der Waals surface area contributed by atoms with E-state index in [9.17, 15) is 4.79 Å². The number of carboxylic acids is 1. The number of aliphatic carboxylic acids is 1. The largest absolute Gasteiger partial charge is 0.493 e. The average Bonchev–Trinajstić information content (AvgIpc) is 2.68. The summed E-state index contributed by atoms with van der Waals surface area (Å²) in [5, 5.41) is 9.11. The Hall–Kier alpha value is -3.02. The van der Waals surface area contributed by atoms with Crippen molar-refractivity contribution >= 4 is 23.6 Å². The van der Waals surface area contributed by atoms with Crippen LogP contribution in [-0.2, 0) is 4.79 Å². The third-order valence-corrected chi connectivity index (χ3v) is 4.20. The maximum atomic E-state index is 11.1. The van der Waals surface area contributed by atoms with Crippen LogP contribution in [0.4, 0.5) is 11.4 Å². The van der Waals surface area contributed by atoms with Crippen LogP contribution in [0.2, 0.25) is 0 Å². The van der Waals surface area contributed by atoms with Gasteiger partial charge in [-0.1, -0.05) is 6.07 Å². The molecule has 0 aliphatic carbocycles. The summed E-state index contributed by atoms with van der Waals surface area (Å²) in [5.74, 6) is -0.224. The molecular weight excluding hydrogens is 344 g/mol. The van der Waals surface area contributed by atoms with Crippen molar-refractivity contribution < 1.29 is 19.4 Å². The molecular formula is C21H26N2O4. The van der Waals surface area contributed by atoms with Gasteiger partial charge >= 0.3 is 5.97 Å². The molecule has 144 valence electrons. The normalized spacial score (nSPS) is 12.0. The van der Waals surface area contributed by atoms with E-state index in [0.717, 1.165) is 24.5 Å². The Bertz CT molecular complexity index is 783. The van der Waals surface area contributed by atoms with Gasteiger partial charge in [0.05, 0.1) is 12.8 Å². The second-order valence-electron chi connectivity index (χ2n) is 5.92. The number of hydrogen-bond acceptors (Lipinski definition) is 5. The second-order valence-corrected chi connectivity index (χ2v) is 5.92. The van der Waals surface area contributed by atoms with Gasteiger partial charge in [0.25, 0.3) is 0 Å². The Morgan fingerprint density at radius 1 is 1.19 bits per heavy atom. The van der Waals surface area contributed by atoms with Crippen LogP contribution < -0.4 is 14.4 Å². The van der Waals surface area contributed by atoms with E-state index in [0.29, 0.717) is 17.1 Å². The highest BCUT2D eigenvalue weighted by atomic mass is 16.5. The molecule has 6 nitrogen and oxygen atoms in total. The molecule has 0 fully saturated rings. The topological polar surface area (TPSA) is 71.4 Å². The van der Waals surface area contributed by atoms with Gasteiger partial charge in [0, 0.05) is 30.6 Å². The molecule has 0 unspecified atom stereocenters. The molecule has 6 heteroatoms. The lowest BCUT2D eigenvalue weighted by atomic mass is 10.2. The summed E-state index contributed by atoms with van der Waals surface area (Å²) in [7, 11) is 1.51. The van der Waals surface area contributed by atoms with E-state index in [1.165, 1.54) is 14.0 Å². The van der Waals surface area contributed by atoms with Crippen molar-refractivity contribution in [2.24, 2.45) is 4.99 Å². The highest BCUT2D eigenvalue weighted by molar-refractivity contribution is 5.87. The SMILES string of the molecule is CCN(CC)c1ccc(N=Cc2cccc(OC)c2O[C@H](C)C(=O)O)cc1. The Kier molecular flexibility index (Phi) is 7.23. The van der Waals surface area contributed by atoms with Crippen LogP contribution in [0.15, 0.2) is 47.5 Å². The fraction of sp³-hybridized carbons (Fsp3) is 0.333. The lowest BCUT2D eigenvalue weighted by Gasteiger charge is -2.20. The third-order valence-electron chi connectivity index (χ3n) is 4.20. The van der Waals surface area contributed by atoms with Gasteiger partial charge in [-0.05, 0) is 57.2 Å². The van der Waals surface area contributed by atoms with Crippen molar-refractivity contribution in [1.29, 1.82) is 0 Å². The third kappa shape index (κ3) is 5.23. The monoisotopic (exact) mass is 370 g/mol. The molecule has 0 heterocycles. The van der Waals surface area contributed by atoms with Crippen LogP contribution in [0.1, 0.15) is 26.3 Å². The number of methoxy groups -OCH3 is 1. The van der Waals surface area contributed by atoms with Gasteiger partial charge in [-0.15, -0.1) is 0 Å². The highest BCUT2D eigenvalue weighted by Crippen LogP contribution is 2.31. The van der Waals surface area contributed by atoms with Gasteiger partial charge < -0.3 is 19.5 Å². The quantitative estimate of drug-likeness (QED) is 0.672. The minimum atomic E-state index is -1.05. The number of para-hydroxylation sites is 1. The van der Waals surface area contributed by atoms with Crippen LogP contribution in [0.25, 0.3) is 0 Å². The summed E-state index contributed by atoms with van der Waals surface area (Å²) in [6.45, 7) is 7.62. The summed E-state index contributed by atoms with van der Waals surface area (Å²) in [5.41, 5.74) is 2.60. The summed E-state index contributed by atoms with van der Waals surface area (Å²) in [4.78, 5) is 17.9. The van der Waals surface area contributed by atoms with Crippen LogP contribution in [0.3, 0.4) is 0 Å². The van der Waals surface area contributed by atoms with E-state index in [4.69, 9.17) is 14.6 Å². The smallest absolute Gasteiger partial charge is 0.344 e. The minimum absolute atomic E-state index is 0.360. The standard InChI is InChI=1S/C21H26N2O4/c1-5-23(6-2)18-12-10-17(11-13-18)22-14-16-8-7-9-19(26-4)20(16)27-15(3)21(24)25/h7-15H,5-6H2,1-4H3,(H,24,25)/t15-/m1/s1. The van der Waals surface area contributed by atoms with Gasteiger partial charge in [-0.3, -0.25) is 4.99 Å². The Balaban J connectivity index is 2.27. The van der Waals surface area contributed by atoms with Gasteiger partial charge in [-0.25, -0.2) is 4.79 Å². The second kappa shape index (κ2) is 9.62. The molecule has 2 aromatic carbocycles. The van der Waals surface area contributed by atoms with E-state index >= 15 is 0 Å². The number of nitrogens with zero attached hydrogens (tertiary/aromatic N) is 2. The Morgan fingerprint density at radius 2 is 1.85 bits per heavy atom. The molecule has 0 saturated carbocycles. The van der Waals surface area contributed by atoms with Crippen LogP contribution in [-0.4, -0.2) is 43.6 Å². The Labute approximate surface area is 160 Å². The van der Waals surface area contributed by atoms with Crippen molar-refractivity contribution in [2.45, 2.75) is 26.9 Å². The molecule has 27 heavy (non-hydrogen) atoms. The maximum absolute atomic E-state index is 11.1. The molecule has 2 rings (SSSR count). The lowest BCUT2D eigenvalue weighted by Crippen LogP contribution is -2.23. The molecule has 0 saturated heterocycles. The minimum Gasteiger partial charge on any atom is -0.493 e. The van der Waals surface area contributed by atoms with Crippen molar-refractivity contribution in [3.63, 3.8) is 0 Å². The molecule has 0 spiro atoms. The first kappa shape index (κ1) is 20.3. The summed E-state index contributed by atoms with van der Waals surface area (Å²) in [6.07, 6.45) is 0.653. The molecule has 0 aliphatic heterocycles. The number of rotatable bonds is 9. The first-order valence-corrected chi connectivity index (χ1v) is 8.95. The zero-order chi connectivity index (χ0) is 19.8. The number of anilines is 1. The molecule has 0 amide bonds. The predicted molar refractivity (Wildman–Crippen MR) is 108 cm³/mol. The molecule has 0 aliphatic rings. The number of benzene rings is 2. The first-order chi connectivity index (χ1) is 13.0. The van der Waals surface area contributed by atoms with Crippen LogP contribution in [0.5, 0.6) is 11.5 Å². The van der Waals surface area contributed by atoms with E-state index in [1.807, 2.05) is 30.3 Å². The number of carboxylic acid groups (broad SMARTS) is 1. The lowest BCUT2D eigenvalue weighted by molar-refractivity contribution is -0.144. The predicted octanol–water partition coefficient (Wildman–Crippen LogP) is 4.14. The van der Waals surface area contributed by atoms with Gasteiger partial charge in [0.1, 0.15) is 0 Å². The average molecular weight is 370 g/mol. The zero-order valence-electron chi connectivity index (χ0n) is 16.2. The summed E-state index contributed by atoms with van der Waals surface area (Å²) in [6, 6.07) is 13.3. The van der Waals surface area contributed by atoms with Crippen molar-refractivity contribution in [1.82, 2.24) is 0 Å². The number of aliphatic imine (C=N–C) groups is 1. The van der Waals surface area contributed by atoms with Gasteiger partial charge in [0.15, 0.2) is 17.6 Å². The molecule has 1 atom stereocenters. The Morgan fingerprint density at radius 3 is 2.41 bits per heavy atom. The molecule has 0 aromatic heterocycles. The number of carbonyl (C=O) groups is 1. The van der Waals surface area contributed by atoms with Gasteiger partial charge in [-0.2, -0.15) is 0 Å². The number of ether oxygens (including phenoxy) is 2. The van der Waals surface area contributed by atoms with Gasteiger partial charge in [0.2, 0.25) is 0 Å².